The smallest absolute Gasteiger partial charge is 0.225 e. The van der Waals surface area contributed by atoms with Gasteiger partial charge in [-0.05, 0) is 75.7 Å². The fraction of sp³-hybridized carbons (Fsp3) is 0.429. The largest absolute Gasteiger partial charge is 0.362 e. The summed E-state index contributed by atoms with van der Waals surface area (Å²) >= 11 is 8.92. The second kappa shape index (κ2) is 9.29. The third kappa shape index (κ3) is 5.10. The van der Waals surface area contributed by atoms with Gasteiger partial charge in [0.2, 0.25) is 5.95 Å². The van der Waals surface area contributed by atoms with Gasteiger partial charge in [-0.3, -0.25) is 0 Å². The van der Waals surface area contributed by atoms with E-state index in [1.165, 1.54) is 17.7 Å². The van der Waals surface area contributed by atoms with Crippen molar-refractivity contribution >= 4 is 65.9 Å². The summed E-state index contributed by atoms with van der Waals surface area (Å²) in [6.07, 6.45) is 4.59. The highest BCUT2D eigenvalue weighted by atomic mass is 79.9. The van der Waals surface area contributed by atoms with Crippen LogP contribution in [0, 0.1) is 0 Å². The zero-order valence-corrected chi connectivity index (χ0v) is 20.6. The van der Waals surface area contributed by atoms with E-state index in [4.69, 9.17) is 9.97 Å². The van der Waals surface area contributed by atoms with Gasteiger partial charge in [0, 0.05) is 47.5 Å². The Hall–Kier alpha value is -1.22. The molecule has 1 aromatic carbocycles. The topological polar surface area (TPSA) is 53.1 Å². The highest BCUT2D eigenvalue weighted by molar-refractivity contribution is 9.13. The van der Waals surface area contributed by atoms with E-state index in [0.29, 0.717) is 12.1 Å². The Balaban J connectivity index is 1.34. The Morgan fingerprint density at radius 2 is 1.79 bits per heavy atom. The van der Waals surface area contributed by atoms with Crippen molar-refractivity contribution in [1.29, 1.82) is 0 Å². The fourth-order valence-electron chi connectivity index (χ4n) is 3.81. The van der Waals surface area contributed by atoms with E-state index in [2.05, 4.69) is 65.6 Å². The number of halogens is 2. The van der Waals surface area contributed by atoms with Crippen molar-refractivity contribution in [2.45, 2.75) is 44.3 Å². The SMILES string of the molecule is CN(C)c1nc(NC2CCC(NCc3cc(Br)c(Br)s3)CC2)nc2ccccc12. The van der Waals surface area contributed by atoms with E-state index in [0.717, 1.165) is 50.3 Å². The molecule has 8 heteroatoms. The maximum Gasteiger partial charge on any atom is 0.225 e. The van der Waals surface area contributed by atoms with Crippen molar-refractivity contribution in [1.82, 2.24) is 15.3 Å². The standard InChI is InChI=1S/C21H25Br2N5S/c1-28(2)20-16-5-3-4-6-18(16)26-21(27-20)25-14-9-7-13(8-10-14)24-12-15-11-17(22)19(23)29-15/h3-6,11,13-14,24H,7-10,12H2,1-2H3,(H,25,26,27). The molecule has 0 unspecified atom stereocenters. The molecule has 2 N–H and O–H groups in total. The maximum absolute atomic E-state index is 4.78. The summed E-state index contributed by atoms with van der Waals surface area (Å²) in [7, 11) is 4.06. The molecule has 2 aromatic heterocycles. The minimum atomic E-state index is 0.425. The monoisotopic (exact) mass is 537 g/mol. The first-order chi connectivity index (χ1) is 14.0. The third-order valence-corrected chi connectivity index (χ3v) is 8.58. The van der Waals surface area contributed by atoms with Crippen LogP contribution in [-0.2, 0) is 6.54 Å². The molecule has 0 aliphatic heterocycles. The van der Waals surface area contributed by atoms with Crippen molar-refractivity contribution in [2.75, 3.05) is 24.3 Å². The third-order valence-electron chi connectivity index (χ3n) is 5.33. The van der Waals surface area contributed by atoms with Gasteiger partial charge < -0.3 is 15.5 Å². The molecular weight excluding hydrogens is 514 g/mol. The van der Waals surface area contributed by atoms with Crippen molar-refractivity contribution in [3.05, 3.63) is 43.5 Å². The van der Waals surface area contributed by atoms with Crippen LogP contribution in [0.2, 0.25) is 0 Å². The van der Waals surface area contributed by atoms with Gasteiger partial charge in [0.1, 0.15) is 5.82 Å². The Labute approximate surface area is 192 Å². The van der Waals surface area contributed by atoms with Gasteiger partial charge in [-0.25, -0.2) is 4.98 Å². The summed E-state index contributed by atoms with van der Waals surface area (Å²) in [5.41, 5.74) is 0.984. The first-order valence-corrected chi connectivity index (χ1v) is 12.3. The van der Waals surface area contributed by atoms with Crippen molar-refractivity contribution in [2.24, 2.45) is 0 Å². The summed E-state index contributed by atoms with van der Waals surface area (Å²) in [6, 6.07) is 11.4. The molecule has 154 valence electrons. The fourth-order valence-corrected chi connectivity index (χ4v) is 5.94. The Morgan fingerprint density at radius 1 is 1.07 bits per heavy atom. The number of hydrogen-bond donors (Lipinski definition) is 2. The van der Waals surface area contributed by atoms with Crippen molar-refractivity contribution < 1.29 is 0 Å². The average molecular weight is 539 g/mol. The summed E-state index contributed by atoms with van der Waals surface area (Å²) < 4.78 is 2.30. The molecule has 0 amide bonds. The van der Waals surface area contributed by atoms with E-state index in [1.54, 1.807) is 11.3 Å². The summed E-state index contributed by atoms with van der Waals surface area (Å²) in [5.74, 6) is 1.69. The van der Waals surface area contributed by atoms with Crippen molar-refractivity contribution in [3.63, 3.8) is 0 Å². The molecule has 0 spiro atoms. The molecule has 0 bridgehead atoms. The van der Waals surface area contributed by atoms with Crippen LogP contribution in [0.1, 0.15) is 30.6 Å². The molecule has 1 aliphatic rings. The molecule has 0 saturated heterocycles. The molecule has 1 fully saturated rings. The zero-order chi connectivity index (χ0) is 20.4. The zero-order valence-electron chi connectivity index (χ0n) is 16.6. The second-order valence-electron chi connectivity index (χ2n) is 7.69. The normalized spacial score (nSPS) is 19.4. The number of nitrogens with zero attached hydrogens (tertiary/aromatic N) is 3. The number of hydrogen-bond acceptors (Lipinski definition) is 6. The van der Waals surface area contributed by atoms with Crippen LogP contribution in [0.25, 0.3) is 10.9 Å². The number of fused-ring (bicyclic) bond motifs is 1. The Kier molecular flexibility index (Phi) is 6.73. The second-order valence-corrected chi connectivity index (χ2v) is 11.0. The van der Waals surface area contributed by atoms with Crippen LogP contribution in [0.4, 0.5) is 11.8 Å². The lowest BCUT2D eigenvalue weighted by atomic mass is 9.91. The van der Waals surface area contributed by atoms with Crippen LogP contribution >= 0.6 is 43.2 Å². The number of anilines is 2. The summed E-state index contributed by atoms with van der Waals surface area (Å²) in [5, 5.41) is 8.39. The van der Waals surface area contributed by atoms with Gasteiger partial charge in [0.15, 0.2) is 0 Å². The maximum atomic E-state index is 4.78. The quantitative estimate of drug-likeness (QED) is 0.415. The van der Waals surface area contributed by atoms with Gasteiger partial charge in [-0.2, -0.15) is 4.98 Å². The van der Waals surface area contributed by atoms with Gasteiger partial charge in [0.25, 0.3) is 0 Å². The number of aromatic nitrogens is 2. The lowest BCUT2D eigenvalue weighted by Crippen LogP contribution is -2.36. The molecular formula is C21H25Br2N5S. The number of nitrogens with one attached hydrogen (secondary N) is 2. The van der Waals surface area contributed by atoms with E-state index < -0.39 is 0 Å². The molecule has 1 aliphatic carbocycles. The van der Waals surface area contributed by atoms with E-state index >= 15 is 0 Å². The van der Waals surface area contributed by atoms with Gasteiger partial charge in [0.05, 0.1) is 9.30 Å². The minimum absolute atomic E-state index is 0.425. The van der Waals surface area contributed by atoms with E-state index in [-0.39, 0.29) is 0 Å². The van der Waals surface area contributed by atoms with Crippen LogP contribution in [0.15, 0.2) is 38.6 Å². The van der Waals surface area contributed by atoms with Crippen LogP contribution < -0.4 is 15.5 Å². The molecule has 4 rings (SSSR count). The van der Waals surface area contributed by atoms with Crippen LogP contribution in [0.3, 0.4) is 0 Å². The van der Waals surface area contributed by atoms with Gasteiger partial charge in [-0.1, -0.05) is 12.1 Å². The van der Waals surface area contributed by atoms with Crippen LogP contribution in [0.5, 0.6) is 0 Å². The molecule has 3 aromatic rings. The highest BCUT2D eigenvalue weighted by Crippen LogP contribution is 2.32. The predicted octanol–water partition coefficient (Wildman–Crippen LogP) is 5.80. The minimum Gasteiger partial charge on any atom is -0.362 e. The van der Waals surface area contributed by atoms with Gasteiger partial charge >= 0.3 is 0 Å². The lowest BCUT2D eigenvalue weighted by molar-refractivity contribution is 0.353. The first kappa shape index (κ1) is 21.0. The molecule has 0 radical (unpaired) electrons. The number of rotatable bonds is 6. The average Bonchev–Trinajstić information content (AvgIpc) is 3.04. The molecule has 1 saturated carbocycles. The lowest BCUT2D eigenvalue weighted by Gasteiger charge is -2.30. The number of thiophene rings is 1. The van der Waals surface area contributed by atoms with Gasteiger partial charge in [-0.15, -0.1) is 11.3 Å². The number of para-hydroxylation sites is 1. The Bertz CT molecular complexity index is 963. The molecule has 5 nitrogen and oxygen atoms in total. The van der Waals surface area contributed by atoms with E-state index in [9.17, 15) is 0 Å². The predicted molar refractivity (Wildman–Crippen MR) is 130 cm³/mol. The van der Waals surface area contributed by atoms with E-state index in [1.807, 2.05) is 26.2 Å². The highest BCUT2D eigenvalue weighted by Gasteiger charge is 2.22. The Morgan fingerprint density at radius 3 is 2.48 bits per heavy atom. The summed E-state index contributed by atoms with van der Waals surface area (Å²) in [6.45, 7) is 0.928. The number of benzene rings is 1. The van der Waals surface area contributed by atoms with Crippen molar-refractivity contribution in [3.8, 4) is 0 Å². The van der Waals surface area contributed by atoms with Crippen LogP contribution in [-0.4, -0.2) is 36.1 Å². The molecule has 29 heavy (non-hydrogen) atoms. The molecule has 0 atom stereocenters. The first-order valence-electron chi connectivity index (χ1n) is 9.87. The molecule has 2 heterocycles. The summed E-state index contributed by atoms with van der Waals surface area (Å²) in [4.78, 5) is 12.9.